The molecule has 1 aromatic carbocycles. The Bertz CT molecular complexity index is 903. The van der Waals surface area contributed by atoms with E-state index in [-0.39, 0.29) is 23.3 Å². The highest BCUT2D eigenvalue weighted by Crippen LogP contribution is 2.24. The van der Waals surface area contributed by atoms with E-state index in [2.05, 4.69) is 56.9 Å². The molecule has 6 nitrogen and oxygen atoms in total. The Morgan fingerprint density at radius 3 is 2.31 bits per heavy atom. The fraction of sp³-hybridized carbons (Fsp3) is 0.538. The lowest BCUT2D eigenvalue weighted by Gasteiger charge is -2.35. The number of nitrogens with zero attached hydrogens (tertiary/aromatic N) is 2. The second kappa shape index (κ2) is 10.3. The average Bonchev–Trinajstić information content (AvgIpc) is 3.22. The van der Waals surface area contributed by atoms with Gasteiger partial charge >= 0.3 is 5.97 Å². The molecule has 0 radical (unpaired) electrons. The van der Waals surface area contributed by atoms with Crippen molar-refractivity contribution in [3.8, 4) is 0 Å². The van der Waals surface area contributed by atoms with E-state index in [1.807, 2.05) is 13.0 Å². The molecule has 6 heteroatoms. The van der Waals surface area contributed by atoms with Crippen molar-refractivity contribution in [2.45, 2.75) is 66.1 Å². The van der Waals surface area contributed by atoms with Gasteiger partial charge in [0, 0.05) is 25.2 Å². The topological polar surface area (TPSA) is 63.0 Å². The zero-order valence-electron chi connectivity index (χ0n) is 20.0. The van der Waals surface area contributed by atoms with Gasteiger partial charge < -0.3 is 14.1 Å². The van der Waals surface area contributed by atoms with Crippen molar-refractivity contribution in [3.63, 3.8) is 0 Å². The van der Waals surface area contributed by atoms with Crippen molar-refractivity contribution in [2.24, 2.45) is 5.92 Å². The fourth-order valence-corrected chi connectivity index (χ4v) is 3.94. The Kier molecular flexibility index (Phi) is 7.77. The number of rotatable bonds is 7. The van der Waals surface area contributed by atoms with Crippen LogP contribution >= 0.6 is 0 Å². The minimum Gasteiger partial charge on any atom is -0.466 e. The summed E-state index contributed by atoms with van der Waals surface area (Å²) < 4.78 is 11.1. The van der Waals surface area contributed by atoms with Gasteiger partial charge in [-0.25, -0.2) is 0 Å². The zero-order valence-corrected chi connectivity index (χ0v) is 20.0. The second-order valence-electron chi connectivity index (χ2n) is 9.60. The van der Waals surface area contributed by atoms with E-state index in [1.54, 1.807) is 11.0 Å². The highest BCUT2D eigenvalue weighted by Gasteiger charge is 2.30. The predicted octanol–water partition coefficient (Wildman–Crippen LogP) is 4.80. The van der Waals surface area contributed by atoms with Crippen molar-refractivity contribution in [2.75, 3.05) is 19.7 Å². The summed E-state index contributed by atoms with van der Waals surface area (Å²) in [5.74, 6) is 0.749. The van der Waals surface area contributed by atoms with Crippen LogP contribution in [0.5, 0.6) is 0 Å². The molecule has 1 amide bonds. The summed E-state index contributed by atoms with van der Waals surface area (Å²) in [6.07, 6.45) is 1.26. The summed E-state index contributed by atoms with van der Waals surface area (Å²) in [4.78, 5) is 29.0. The van der Waals surface area contributed by atoms with Crippen molar-refractivity contribution >= 4 is 11.9 Å². The first-order valence-corrected chi connectivity index (χ1v) is 11.5. The van der Waals surface area contributed by atoms with Crippen LogP contribution in [0.2, 0.25) is 0 Å². The Balaban J connectivity index is 1.61. The number of amides is 1. The molecule has 0 saturated carbocycles. The predicted molar refractivity (Wildman–Crippen MR) is 124 cm³/mol. The molecule has 1 aromatic heterocycles. The summed E-state index contributed by atoms with van der Waals surface area (Å²) >= 11 is 0. The number of carbonyl (C=O) groups excluding carboxylic acids is 2. The Morgan fingerprint density at radius 1 is 1.06 bits per heavy atom. The maximum atomic E-state index is 12.9. The first-order chi connectivity index (χ1) is 15.2. The molecule has 32 heavy (non-hydrogen) atoms. The maximum Gasteiger partial charge on any atom is 0.309 e. The SMILES string of the molecule is CCOC(=O)C1CCN(C(=O)c2ccc(CN(Cc3ccc(C)cc3)C(C)(C)C)o2)CC1. The highest BCUT2D eigenvalue weighted by atomic mass is 16.5. The molecule has 3 rings (SSSR count). The third kappa shape index (κ3) is 6.22. The van der Waals surface area contributed by atoms with E-state index in [1.165, 1.54) is 11.1 Å². The van der Waals surface area contributed by atoms with Crippen LogP contribution in [0, 0.1) is 12.8 Å². The van der Waals surface area contributed by atoms with Gasteiger partial charge in [0.15, 0.2) is 5.76 Å². The van der Waals surface area contributed by atoms with Crippen LogP contribution < -0.4 is 0 Å². The van der Waals surface area contributed by atoms with E-state index >= 15 is 0 Å². The third-order valence-corrected chi connectivity index (χ3v) is 6.06. The minimum atomic E-state index is -0.157. The molecular formula is C26H36N2O4. The average molecular weight is 441 g/mol. The number of carbonyl (C=O) groups is 2. The number of piperidine rings is 1. The summed E-state index contributed by atoms with van der Waals surface area (Å²) in [5.41, 5.74) is 2.44. The van der Waals surface area contributed by atoms with Gasteiger partial charge in [-0.2, -0.15) is 0 Å². The second-order valence-corrected chi connectivity index (χ2v) is 9.60. The number of likely N-dealkylation sites (tertiary alicyclic amines) is 1. The number of hydrogen-bond acceptors (Lipinski definition) is 5. The summed E-state index contributed by atoms with van der Waals surface area (Å²) in [5, 5.41) is 0. The number of ether oxygens (including phenoxy) is 1. The summed E-state index contributed by atoms with van der Waals surface area (Å²) in [6.45, 7) is 13.4. The lowest BCUT2D eigenvalue weighted by molar-refractivity contribution is -0.149. The molecule has 0 atom stereocenters. The molecule has 1 fully saturated rings. The number of esters is 1. The van der Waals surface area contributed by atoms with E-state index < -0.39 is 0 Å². The van der Waals surface area contributed by atoms with Crippen molar-refractivity contribution < 1.29 is 18.7 Å². The normalized spacial score (nSPS) is 15.2. The van der Waals surface area contributed by atoms with Crippen LogP contribution in [0.3, 0.4) is 0 Å². The number of aryl methyl sites for hydroxylation is 1. The Hall–Kier alpha value is -2.60. The van der Waals surface area contributed by atoms with Crippen LogP contribution in [0.15, 0.2) is 40.8 Å². The van der Waals surface area contributed by atoms with Gasteiger partial charge in [0.25, 0.3) is 5.91 Å². The number of furan rings is 1. The van der Waals surface area contributed by atoms with Crippen molar-refractivity contribution in [1.82, 2.24) is 9.80 Å². The fourth-order valence-electron chi connectivity index (χ4n) is 3.94. The van der Waals surface area contributed by atoms with Gasteiger partial charge in [-0.3, -0.25) is 14.5 Å². The summed E-state index contributed by atoms with van der Waals surface area (Å²) in [7, 11) is 0. The molecule has 1 aliphatic heterocycles. The van der Waals surface area contributed by atoms with Crippen LogP contribution in [-0.4, -0.2) is 46.9 Å². The molecule has 0 aliphatic carbocycles. The molecule has 0 N–H and O–H groups in total. The molecule has 0 unspecified atom stereocenters. The first kappa shape index (κ1) is 24.1. The van der Waals surface area contributed by atoms with Gasteiger partial charge in [0.1, 0.15) is 5.76 Å². The minimum absolute atomic E-state index is 0.0587. The molecule has 2 aromatic rings. The monoisotopic (exact) mass is 440 g/mol. The van der Waals surface area contributed by atoms with Gasteiger partial charge in [0.05, 0.1) is 19.1 Å². The van der Waals surface area contributed by atoms with E-state index in [0.717, 1.165) is 12.3 Å². The molecular weight excluding hydrogens is 404 g/mol. The molecule has 2 heterocycles. The van der Waals surface area contributed by atoms with Crippen molar-refractivity contribution in [1.29, 1.82) is 0 Å². The van der Waals surface area contributed by atoms with E-state index in [9.17, 15) is 9.59 Å². The molecule has 1 saturated heterocycles. The molecule has 174 valence electrons. The number of benzene rings is 1. The van der Waals surface area contributed by atoms with Crippen LogP contribution in [0.4, 0.5) is 0 Å². The van der Waals surface area contributed by atoms with Gasteiger partial charge in [0.2, 0.25) is 0 Å². The zero-order chi connectivity index (χ0) is 23.3. The summed E-state index contributed by atoms with van der Waals surface area (Å²) in [6, 6.07) is 12.2. The Morgan fingerprint density at radius 2 is 1.72 bits per heavy atom. The third-order valence-electron chi connectivity index (χ3n) is 6.06. The van der Waals surface area contributed by atoms with Gasteiger partial charge in [-0.15, -0.1) is 0 Å². The van der Waals surface area contributed by atoms with E-state index in [4.69, 9.17) is 9.15 Å². The van der Waals surface area contributed by atoms with E-state index in [0.29, 0.717) is 44.8 Å². The maximum absolute atomic E-state index is 12.9. The van der Waals surface area contributed by atoms with Gasteiger partial charge in [-0.1, -0.05) is 29.8 Å². The molecule has 1 aliphatic rings. The lowest BCUT2D eigenvalue weighted by Crippen LogP contribution is -2.40. The molecule has 0 bridgehead atoms. The lowest BCUT2D eigenvalue weighted by atomic mass is 9.97. The standard InChI is InChI=1S/C26H36N2O4/c1-6-31-25(30)21-13-15-27(16-14-21)24(29)23-12-11-22(32-23)18-28(26(3,4)5)17-20-9-7-19(2)8-10-20/h7-12,21H,6,13-18H2,1-5H3. The number of hydrogen-bond donors (Lipinski definition) is 0. The highest BCUT2D eigenvalue weighted by molar-refractivity contribution is 5.91. The molecule has 0 spiro atoms. The van der Waals surface area contributed by atoms with Crippen LogP contribution in [-0.2, 0) is 22.6 Å². The van der Waals surface area contributed by atoms with Crippen LogP contribution in [0.25, 0.3) is 0 Å². The first-order valence-electron chi connectivity index (χ1n) is 11.5. The smallest absolute Gasteiger partial charge is 0.309 e. The van der Waals surface area contributed by atoms with Crippen LogP contribution in [0.1, 0.15) is 68.0 Å². The Labute approximate surface area is 191 Å². The van der Waals surface area contributed by atoms with Crippen molar-refractivity contribution in [3.05, 3.63) is 59.0 Å². The van der Waals surface area contributed by atoms with Gasteiger partial charge in [-0.05, 0) is 65.2 Å². The largest absolute Gasteiger partial charge is 0.466 e. The quantitative estimate of drug-likeness (QED) is 0.579.